The van der Waals surface area contributed by atoms with Gasteiger partial charge in [0.05, 0.1) is 38.6 Å². The van der Waals surface area contributed by atoms with E-state index in [-0.39, 0.29) is 17.6 Å². The molecular formula is C27H36O4. The highest BCUT2D eigenvalue weighted by atomic mass is 16.6. The minimum Gasteiger partial charge on any atom is -0.375 e. The molecule has 4 atom stereocenters. The lowest BCUT2D eigenvalue weighted by Crippen LogP contribution is -2.20. The molecule has 2 aliphatic rings. The lowest BCUT2D eigenvalue weighted by molar-refractivity contribution is 0.0547. The summed E-state index contributed by atoms with van der Waals surface area (Å²) in [5.41, 5.74) is 5.22. The first kappa shape index (κ1) is 22.5. The molecule has 2 aromatic carbocycles. The fraction of sp³-hybridized carbons (Fsp3) is 0.556. The van der Waals surface area contributed by atoms with Gasteiger partial charge in [-0.25, -0.2) is 0 Å². The van der Waals surface area contributed by atoms with Crippen LogP contribution in [-0.4, -0.2) is 50.8 Å². The number of hydrogen-bond donors (Lipinski definition) is 0. The van der Waals surface area contributed by atoms with Crippen LogP contribution in [0.4, 0.5) is 0 Å². The third-order valence-corrected chi connectivity index (χ3v) is 6.34. The van der Waals surface area contributed by atoms with E-state index in [1.54, 1.807) is 0 Å². The van der Waals surface area contributed by atoms with Crippen LogP contribution in [0.2, 0.25) is 0 Å². The molecule has 0 N–H and O–H groups in total. The van der Waals surface area contributed by atoms with Crippen molar-refractivity contribution in [3.63, 3.8) is 0 Å². The molecule has 2 heterocycles. The zero-order valence-corrected chi connectivity index (χ0v) is 19.3. The number of rotatable bonds is 12. The maximum Gasteiger partial charge on any atom is 0.104 e. The van der Waals surface area contributed by atoms with Crippen LogP contribution in [0.3, 0.4) is 0 Å². The van der Waals surface area contributed by atoms with Gasteiger partial charge in [-0.15, -0.1) is 0 Å². The summed E-state index contributed by atoms with van der Waals surface area (Å²) >= 11 is 0. The Balaban J connectivity index is 1.32. The van der Waals surface area contributed by atoms with Crippen molar-refractivity contribution < 1.29 is 18.9 Å². The van der Waals surface area contributed by atoms with Gasteiger partial charge in [0.2, 0.25) is 0 Å². The zero-order chi connectivity index (χ0) is 21.8. The molecule has 4 unspecified atom stereocenters. The van der Waals surface area contributed by atoms with Gasteiger partial charge in [-0.1, -0.05) is 62.4 Å². The van der Waals surface area contributed by atoms with Crippen LogP contribution in [0.5, 0.6) is 0 Å². The van der Waals surface area contributed by atoms with Crippen LogP contribution < -0.4 is 0 Å². The molecule has 4 rings (SSSR count). The van der Waals surface area contributed by atoms with Crippen molar-refractivity contribution in [3.8, 4) is 0 Å². The molecule has 0 radical (unpaired) electrons. The van der Waals surface area contributed by atoms with E-state index < -0.39 is 0 Å². The van der Waals surface area contributed by atoms with E-state index in [0.29, 0.717) is 25.4 Å². The monoisotopic (exact) mass is 424 g/mol. The maximum absolute atomic E-state index is 5.87. The van der Waals surface area contributed by atoms with Crippen molar-refractivity contribution in [1.29, 1.82) is 0 Å². The number of ether oxygens (including phenoxy) is 4. The highest BCUT2D eigenvalue weighted by Gasteiger charge is 2.25. The summed E-state index contributed by atoms with van der Waals surface area (Å²) in [4.78, 5) is 0. The summed E-state index contributed by atoms with van der Waals surface area (Å²) in [6, 6.07) is 18.0. The zero-order valence-electron chi connectivity index (χ0n) is 19.3. The van der Waals surface area contributed by atoms with E-state index in [1.165, 1.54) is 22.3 Å². The molecule has 168 valence electrons. The van der Waals surface area contributed by atoms with Crippen molar-refractivity contribution in [2.24, 2.45) is 0 Å². The predicted molar refractivity (Wildman–Crippen MR) is 123 cm³/mol. The van der Waals surface area contributed by atoms with Gasteiger partial charge in [0.1, 0.15) is 12.2 Å². The number of epoxide rings is 2. The summed E-state index contributed by atoms with van der Waals surface area (Å²) < 4.78 is 22.2. The van der Waals surface area contributed by atoms with Crippen molar-refractivity contribution in [2.75, 3.05) is 26.4 Å². The third kappa shape index (κ3) is 6.63. The summed E-state index contributed by atoms with van der Waals surface area (Å²) in [6.07, 6.45) is 2.91. The largest absolute Gasteiger partial charge is 0.375 e. The van der Waals surface area contributed by atoms with E-state index in [1.807, 2.05) is 0 Å². The van der Waals surface area contributed by atoms with Gasteiger partial charge in [-0.2, -0.15) is 0 Å². The molecule has 0 aromatic heterocycles. The van der Waals surface area contributed by atoms with E-state index in [9.17, 15) is 0 Å². The van der Waals surface area contributed by atoms with Gasteiger partial charge in [0.15, 0.2) is 0 Å². The summed E-state index contributed by atoms with van der Waals surface area (Å²) in [5, 5.41) is 0. The highest BCUT2D eigenvalue weighted by Crippen LogP contribution is 2.32. The molecule has 0 spiro atoms. The Hall–Kier alpha value is -1.72. The quantitative estimate of drug-likeness (QED) is 0.463. The number of benzene rings is 2. The van der Waals surface area contributed by atoms with Crippen LogP contribution in [0.15, 0.2) is 48.5 Å². The van der Waals surface area contributed by atoms with Crippen LogP contribution in [0.1, 0.15) is 49.9 Å². The predicted octanol–water partition coefficient (Wildman–Crippen LogP) is 4.71. The molecule has 2 aliphatic heterocycles. The van der Waals surface area contributed by atoms with E-state index in [4.69, 9.17) is 18.9 Å². The lowest BCUT2D eigenvalue weighted by atomic mass is 9.77. The fourth-order valence-corrected chi connectivity index (χ4v) is 3.94. The minimum absolute atomic E-state index is 0.0477. The van der Waals surface area contributed by atoms with Gasteiger partial charge in [-0.3, -0.25) is 0 Å². The Bertz CT molecular complexity index is 750. The number of hydrogen-bond acceptors (Lipinski definition) is 4. The Morgan fingerprint density at radius 2 is 1.10 bits per heavy atom. The summed E-state index contributed by atoms with van der Waals surface area (Å²) in [7, 11) is 0. The Labute approximate surface area is 186 Å². The fourth-order valence-electron chi connectivity index (χ4n) is 3.94. The molecule has 31 heavy (non-hydrogen) atoms. The molecule has 4 heteroatoms. The maximum atomic E-state index is 5.87. The van der Waals surface area contributed by atoms with Gasteiger partial charge >= 0.3 is 0 Å². The second-order valence-electron chi connectivity index (χ2n) is 9.63. The molecule has 0 bridgehead atoms. The van der Waals surface area contributed by atoms with E-state index in [2.05, 4.69) is 76.2 Å². The molecular weight excluding hydrogens is 388 g/mol. The van der Waals surface area contributed by atoms with Gasteiger partial charge in [-0.05, 0) is 48.9 Å². The first-order chi connectivity index (χ1) is 14.9. The van der Waals surface area contributed by atoms with Crippen molar-refractivity contribution in [1.82, 2.24) is 0 Å². The van der Waals surface area contributed by atoms with E-state index >= 15 is 0 Å². The topological polar surface area (TPSA) is 43.5 Å². The molecule has 0 aliphatic carbocycles. The normalized spacial score (nSPS) is 22.2. The van der Waals surface area contributed by atoms with Gasteiger partial charge in [0.25, 0.3) is 0 Å². The minimum atomic E-state index is -0.0477. The van der Waals surface area contributed by atoms with E-state index in [0.717, 1.165) is 26.1 Å². The second-order valence-corrected chi connectivity index (χ2v) is 9.63. The first-order valence-electron chi connectivity index (χ1n) is 11.6. The molecule has 0 saturated carbocycles. The Kier molecular flexibility index (Phi) is 7.12. The van der Waals surface area contributed by atoms with Crippen LogP contribution in [0, 0.1) is 0 Å². The lowest BCUT2D eigenvalue weighted by Gasteiger charge is -2.27. The standard InChI is InChI=1S/C27H36O4/c1-19(28-15-25-17-30-25)13-21-5-9-23(10-6-21)27(3,4)24-11-7-22(8-12-24)14-20(2)29-16-26-18-31-26/h5-12,19-20,25-26H,13-18H2,1-4H3. The molecule has 2 aromatic rings. The van der Waals surface area contributed by atoms with Gasteiger partial charge < -0.3 is 18.9 Å². The smallest absolute Gasteiger partial charge is 0.104 e. The Morgan fingerprint density at radius 3 is 1.42 bits per heavy atom. The average molecular weight is 425 g/mol. The van der Waals surface area contributed by atoms with Crippen LogP contribution in [0.25, 0.3) is 0 Å². The molecule has 2 fully saturated rings. The second kappa shape index (κ2) is 9.83. The summed E-state index contributed by atoms with van der Waals surface area (Å²) in [5.74, 6) is 0. The van der Waals surface area contributed by atoms with Crippen molar-refractivity contribution >= 4 is 0 Å². The van der Waals surface area contributed by atoms with Crippen molar-refractivity contribution in [3.05, 3.63) is 70.8 Å². The van der Waals surface area contributed by atoms with Gasteiger partial charge in [0, 0.05) is 5.41 Å². The third-order valence-electron chi connectivity index (χ3n) is 6.34. The molecule has 2 saturated heterocycles. The summed E-state index contributed by atoms with van der Waals surface area (Å²) in [6.45, 7) is 12.0. The Morgan fingerprint density at radius 1 is 0.742 bits per heavy atom. The SMILES string of the molecule is CC(Cc1ccc(C(C)(C)c2ccc(CC(C)OCC3CO3)cc2)cc1)OCC1CO1. The van der Waals surface area contributed by atoms with Crippen molar-refractivity contribution in [2.45, 2.75) is 70.4 Å². The van der Waals surface area contributed by atoms with Crippen LogP contribution >= 0.6 is 0 Å². The first-order valence-corrected chi connectivity index (χ1v) is 11.6. The highest BCUT2D eigenvalue weighted by molar-refractivity contribution is 5.40. The average Bonchev–Trinajstić information content (AvgIpc) is 3.67. The molecule has 0 amide bonds. The van der Waals surface area contributed by atoms with Crippen LogP contribution in [-0.2, 0) is 37.2 Å². The molecule has 4 nitrogen and oxygen atoms in total.